The first-order valence-electron chi connectivity index (χ1n) is 4.73. The second kappa shape index (κ2) is 4.22. The molecule has 0 spiro atoms. The summed E-state index contributed by atoms with van der Waals surface area (Å²) in [5.41, 5.74) is 4.78. The van der Waals surface area contributed by atoms with Gasteiger partial charge < -0.3 is 16.2 Å². The number of primary amides is 1. The molecule has 2 aromatic heterocycles. The first-order chi connectivity index (χ1) is 8.08. The molecule has 9 heteroatoms. The highest BCUT2D eigenvalue weighted by Crippen LogP contribution is 2.02. The number of amides is 1. The van der Waals surface area contributed by atoms with Crippen LogP contribution in [0.25, 0.3) is 5.65 Å². The Labute approximate surface area is 94.2 Å². The summed E-state index contributed by atoms with van der Waals surface area (Å²) >= 11 is 0. The maximum absolute atomic E-state index is 11.2. The lowest BCUT2D eigenvalue weighted by molar-refractivity contribution is -0.125. The van der Waals surface area contributed by atoms with Crippen LogP contribution in [0.5, 0.6) is 0 Å². The number of hydrogen-bond donors (Lipinski definition) is 4. The molecule has 0 radical (unpaired) electrons. The largest absolute Gasteiger partial charge is 0.381 e. The van der Waals surface area contributed by atoms with Gasteiger partial charge in [-0.15, -0.1) is 5.10 Å². The predicted octanol–water partition coefficient (Wildman–Crippen LogP) is -2.32. The molecule has 0 fully saturated rings. The Hall–Kier alpha value is -2.42. The second-order valence-electron chi connectivity index (χ2n) is 3.32. The van der Waals surface area contributed by atoms with Crippen LogP contribution in [0.2, 0.25) is 0 Å². The SMILES string of the molecule is NC(=O)C(O)CNc1ccc2n[nH]c(=O)n2n1. The minimum absolute atomic E-state index is 0.0829. The summed E-state index contributed by atoms with van der Waals surface area (Å²) in [4.78, 5) is 21.8. The van der Waals surface area contributed by atoms with Gasteiger partial charge in [0.25, 0.3) is 0 Å². The molecule has 0 aliphatic rings. The molecule has 17 heavy (non-hydrogen) atoms. The molecule has 0 saturated heterocycles. The topological polar surface area (TPSA) is 138 Å². The van der Waals surface area contributed by atoms with Crippen molar-refractivity contribution in [3.05, 3.63) is 22.6 Å². The van der Waals surface area contributed by atoms with E-state index in [1.165, 1.54) is 0 Å². The molecular formula is C8H10N6O3. The van der Waals surface area contributed by atoms with E-state index >= 15 is 0 Å². The average molecular weight is 238 g/mol. The number of anilines is 1. The first-order valence-corrected chi connectivity index (χ1v) is 4.73. The zero-order valence-corrected chi connectivity index (χ0v) is 8.62. The highest BCUT2D eigenvalue weighted by molar-refractivity contribution is 5.79. The number of H-pyrrole nitrogens is 1. The number of carbonyl (C=O) groups is 1. The zero-order chi connectivity index (χ0) is 12.4. The Morgan fingerprint density at radius 1 is 1.65 bits per heavy atom. The third kappa shape index (κ3) is 2.23. The van der Waals surface area contributed by atoms with E-state index in [2.05, 4.69) is 20.6 Å². The van der Waals surface area contributed by atoms with Gasteiger partial charge in [-0.2, -0.15) is 9.61 Å². The van der Waals surface area contributed by atoms with Crippen LogP contribution in [0.4, 0.5) is 5.82 Å². The van der Waals surface area contributed by atoms with E-state index in [1.54, 1.807) is 12.1 Å². The van der Waals surface area contributed by atoms with Gasteiger partial charge in [-0.3, -0.25) is 4.79 Å². The molecule has 2 rings (SSSR count). The lowest BCUT2D eigenvalue weighted by Crippen LogP contribution is -2.34. The smallest absolute Gasteiger partial charge is 0.364 e. The third-order valence-corrected chi connectivity index (χ3v) is 2.08. The van der Waals surface area contributed by atoms with Crippen LogP contribution in [-0.4, -0.2) is 43.5 Å². The van der Waals surface area contributed by atoms with Crippen LogP contribution in [0.1, 0.15) is 0 Å². The number of aromatic amines is 1. The van der Waals surface area contributed by atoms with Crippen LogP contribution < -0.4 is 16.7 Å². The number of hydrogen-bond acceptors (Lipinski definition) is 6. The Bertz CT molecular complexity index is 603. The van der Waals surface area contributed by atoms with E-state index in [0.717, 1.165) is 4.52 Å². The number of aliphatic hydroxyl groups is 1. The second-order valence-corrected chi connectivity index (χ2v) is 3.32. The van der Waals surface area contributed by atoms with Crippen LogP contribution >= 0.6 is 0 Å². The third-order valence-electron chi connectivity index (χ3n) is 2.08. The zero-order valence-electron chi connectivity index (χ0n) is 8.62. The van der Waals surface area contributed by atoms with E-state index in [-0.39, 0.29) is 6.54 Å². The quantitative estimate of drug-likeness (QED) is 0.471. The van der Waals surface area contributed by atoms with Gasteiger partial charge in [0.2, 0.25) is 5.91 Å². The number of rotatable bonds is 4. The standard InChI is InChI=1S/C8H10N6O3/c9-7(16)4(15)3-10-5-1-2-6-11-12-8(17)14(6)13-5/h1-2,4,15H,3H2,(H2,9,16)(H,10,13)(H,12,17). The van der Waals surface area contributed by atoms with Gasteiger partial charge in [0.15, 0.2) is 5.65 Å². The van der Waals surface area contributed by atoms with Crippen molar-refractivity contribution in [2.75, 3.05) is 11.9 Å². The molecule has 0 aliphatic heterocycles. The van der Waals surface area contributed by atoms with Gasteiger partial charge in [-0.25, -0.2) is 9.89 Å². The van der Waals surface area contributed by atoms with E-state index in [1.807, 2.05) is 0 Å². The van der Waals surface area contributed by atoms with Crippen molar-refractivity contribution in [2.24, 2.45) is 5.73 Å². The van der Waals surface area contributed by atoms with E-state index in [0.29, 0.717) is 11.5 Å². The summed E-state index contributed by atoms with van der Waals surface area (Å²) in [7, 11) is 0. The van der Waals surface area contributed by atoms with Crippen molar-refractivity contribution in [3.63, 3.8) is 0 Å². The molecule has 1 unspecified atom stereocenters. The fraction of sp³-hybridized carbons (Fsp3) is 0.250. The summed E-state index contributed by atoms with van der Waals surface area (Å²) in [6.07, 6.45) is -1.31. The molecule has 0 bridgehead atoms. The summed E-state index contributed by atoms with van der Waals surface area (Å²) in [6.45, 7) is -0.0829. The maximum atomic E-state index is 11.2. The van der Waals surface area contributed by atoms with Gasteiger partial charge in [0.05, 0.1) is 6.54 Å². The molecule has 9 nitrogen and oxygen atoms in total. The number of fused-ring (bicyclic) bond motifs is 1. The van der Waals surface area contributed by atoms with Crippen LogP contribution in [0.3, 0.4) is 0 Å². The van der Waals surface area contributed by atoms with Gasteiger partial charge in [0, 0.05) is 0 Å². The summed E-state index contributed by atoms with van der Waals surface area (Å²) in [5, 5.41) is 21.7. The highest BCUT2D eigenvalue weighted by Gasteiger charge is 2.10. The van der Waals surface area contributed by atoms with Gasteiger partial charge in [-0.05, 0) is 12.1 Å². The molecular weight excluding hydrogens is 228 g/mol. The molecule has 2 aromatic rings. The predicted molar refractivity (Wildman–Crippen MR) is 57.3 cm³/mol. The number of nitrogens with zero attached hydrogens (tertiary/aromatic N) is 3. The van der Waals surface area contributed by atoms with Crippen molar-refractivity contribution in [3.8, 4) is 0 Å². The maximum Gasteiger partial charge on any atom is 0.364 e. The number of aliphatic hydroxyl groups excluding tert-OH is 1. The normalized spacial score (nSPS) is 12.5. The molecule has 0 saturated carbocycles. The molecule has 90 valence electrons. The van der Waals surface area contributed by atoms with Crippen LogP contribution in [0.15, 0.2) is 16.9 Å². The van der Waals surface area contributed by atoms with Crippen molar-refractivity contribution in [2.45, 2.75) is 6.10 Å². The Morgan fingerprint density at radius 2 is 2.41 bits per heavy atom. The number of carbonyl (C=O) groups excluding carboxylic acids is 1. The highest BCUT2D eigenvalue weighted by atomic mass is 16.3. The van der Waals surface area contributed by atoms with Crippen molar-refractivity contribution in [1.82, 2.24) is 19.8 Å². The van der Waals surface area contributed by atoms with Crippen LogP contribution in [-0.2, 0) is 4.79 Å². The lowest BCUT2D eigenvalue weighted by Gasteiger charge is -2.08. The summed E-state index contributed by atoms with van der Waals surface area (Å²) in [5.74, 6) is -0.514. The lowest BCUT2D eigenvalue weighted by atomic mass is 10.3. The summed E-state index contributed by atoms with van der Waals surface area (Å²) < 4.78 is 1.05. The Morgan fingerprint density at radius 3 is 3.12 bits per heavy atom. The fourth-order valence-corrected chi connectivity index (χ4v) is 1.20. The number of nitrogens with two attached hydrogens (primary N) is 1. The van der Waals surface area contributed by atoms with Crippen LogP contribution in [0, 0.1) is 0 Å². The molecule has 0 aliphatic carbocycles. The average Bonchev–Trinajstić information content (AvgIpc) is 2.68. The van der Waals surface area contributed by atoms with Crippen molar-refractivity contribution >= 4 is 17.4 Å². The summed E-state index contributed by atoms with van der Waals surface area (Å²) in [6, 6.07) is 3.12. The first kappa shape index (κ1) is 11.1. The van der Waals surface area contributed by atoms with Gasteiger partial charge in [0.1, 0.15) is 11.9 Å². The number of aromatic nitrogens is 4. The monoisotopic (exact) mass is 238 g/mol. The van der Waals surface area contributed by atoms with E-state index in [4.69, 9.17) is 10.8 Å². The molecule has 1 atom stereocenters. The Kier molecular flexibility index (Phi) is 2.75. The minimum Gasteiger partial charge on any atom is -0.381 e. The van der Waals surface area contributed by atoms with Gasteiger partial charge in [-0.1, -0.05) is 0 Å². The molecule has 2 heterocycles. The number of nitrogens with one attached hydrogen (secondary N) is 2. The van der Waals surface area contributed by atoms with E-state index in [9.17, 15) is 9.59 Å². The van der Waals surface area contributed by atoms with Crippen molar-refractivity contribution in [1.29, 1.82) is 0 Å². The minimum atomic E-state index is -1.31. The van der Waals surface area contributed by atoms with Gasteiger partial charge >= 0.3 is 5.69 Å². The van der Waals surface area contributed by atoms with Crippen molar-refractivity contribution < 1.29 is 9.90 Å². The molecule has 1 amide bonds. The Balaban J connectivity index is 2.16. The molecule has 5 N–H and O–H groups in total. The fourth-order valence-electron chi connectivity index (χ4n) is 1.20. The molecule has 0 aromatic carbocycles. The van der Waals surface area contributed by atoms with E-state index < -0.39 is 17.7 Å².